The number of benzene rings is 1. The first-order valence-electron chi connectivity index (χ1n) is 6.31. The first-order chi connectivity index (χ1) is 10.1. The number of carbonyl (C=O) groups excluding carboxylic acids is 1. The van der Waals surface area contributed by atoms with Crippen LogP contribution in [0.1, 0.15) is 12.5 Å². The Hall–Kier alpha value is -2.48. The van der Waals surface area contributed by atoms with Crippen LogP contribution in [0.4, 0.5) is 9.80 Å². The second kappa shape index (κ2) is 6.80. The largest absolute Gasteiger partial charge is 0.343 e. The minimum atomic E-state index is -0.504. The molecule has 0 aliphatic rings. The van der Waals surface area contributed by atoms with Crippen molar-refractivity contribution in [2.24, 2.45) is 4.99 Å². The molecule has 21 heavy (non-hydrogen) atoms. The summed E-state index contributed by atoms with van der Waals surface area (Å²) in [5.74, 6) is 0. The number of nitrogens with one attached hydrogen (secondary N) is 1. The van der Waals surface area contributed by atoms with Gasteiger partial charge in [-0.05, 0) is 23.8 Å². The average Bonchev–Trinajstić information content (AvgIpc) is 2.83. The van der Waals surface area contributed by atoms with Crippen molar-refractivity contribution >= 4 is 22.4 Å². The van der Waals surface area contributed by atoms with Gasteiger partial charge < -0.3 is 9.88 Å². The normalized spacial score (nSPS) is 11.4. The summed E-state index contributed by atoms with van der Waals surface area (Å²) in [6.07, 6.45) is 1.40. The Bertz CT molecular complexity index is 706. The highest BCUT2D eigenvalue weighted by Gasteiger charge is 2.13. The van der Waals surface area contributed by atoms with Crippen molar-refractivity contribution in [1.82, 2.24) is 9.88 Å². The molecule has 1 aromatic carbocycles. The Labute approximate surface area is 124 Å². The van der Waals surface area contributed by atoms with E-state index in [-0.39, 0.29) is 5.00 Å². The van der Waals surface area contributed by atoms with E-state index in [0.29, 0.717) is 17.9 Å². The Morgan fingerprint density at radius 1 is 1.43 bits per heavy atom. The Morgan fingerprint density at radius 3 is 2.76 bits per heavy atom. The SMILES string of the molecule is CCNC(=O)N=c1sc([N+](=O)[O-])cn1Cc1ccccc1. The summed E-state index contributed by atoms with van der Waals surface area (Å²) in [6, 6.07) is 8.98. The van der Waals surface area contributed by atoms with Gasteiger partial charge in [-0.3, -0.25) is 10.1 Å². The van der Waals surface area contributed by atoms with Crippen LogP contribution < -0.4 is 10.1 Å². The Kier molecular flexibility index (Phi) is 4.83. The van der Waals surface area contributed by atoms with E-state index in [1.165, 1.54) is 6.20 Å². The summed E-state index contributed by atoms with van der Waals surface area (Å²) in [7, 11) is 0. The quantitative estimate of drug-likeness (QED) is 0.693. The van der Waals surface area contributed by atoms with Gasteiger partial charge >= 0.3 is 11.0 Å². The summed E-state index contributed by atoms with van der Waals surface area (Å²) < 4.78 is 1.60. The number of carbonyl (C=O) groups is 1. The third-order valence-electron chi connectivity index (χ3n) is 2.61. The van der Waals surface area contributed by atoms with Gasteiger partial charge in [0.2, 0.25) is 4.80 Å². The second-order valence-electron chi connectivity index (χ2n) is 4.17. The lowest BCUT2D eigenvalue weighted by molar-refractivity contribution is -0.380. The monoisotopic (exact) mass is 306 g/mol. The van der Waals surface area contributed by atoms with Gasteiger partial charge in [-0.2, -0.15) is 4.99 Å². The number of thiazole rings is 1. The maximum absolute atomic E-state index is 11.5. The summed E-state index contributed by atoms with van der Waals surface area (Å²) >= 11 is 0.877. The number of hydrogen-bond donors (Lipinski definition) is 1. The maximum Gasteiger partial charge on any atom is 0.343 e. The molecule has 0 fully saturated rings. The highest BCUT2D eigenvalue weighted by atomic mass is 32.1. The maximum atomic E-state index is 11.5. The van der Waals surface area contributed by atoms with Gasteiger partial charge in [-0.15, -0.1) is 0 Å². The fourth-order valence-electron chi connectivity index (χ4n) is 1.71. The minimum Gasteiger partial charge on any atom is -0.336 e. The summed E-state index contributed by atoms with van der Waals surface area (Å²) in [4.78, 5) is 26.1. The molecule has 1 aromatic heterocycles. The van der Waals surface area contributed by atoms with Crippen molar-refractivity contribution in [1.29, 1.82) is 0 Å². The van der Waals surface area contributed by atoms with Crippen LogP contribution in [0.25, 0.3) is 0 Å². The number of rotatable bonds is 4. The van der Waals surface area contributed by atoms with E-state index in [1.807, 2.05) is 30.3 Å². The fraction of sp³-hybridized carbons (Fsp3) is 0.231. The molecule has 0 saturated heterocycles. The van der Waals surface area contributed by atoms with E-state index >= 15 is 0 Å². The van der Waals surface area contributed by atoms with Gasteiger partial charge in [0.1, 0.15) is 0 Å². The molecule has 0 aliphatic carbocycles. The van der Waals surface area contributed by atoms with E-state index in [1.54, 1.807) is 11.5 Å². The summed E-state index contributed by atoms with van der Waals surface area (Å²) in [5.41, 5.74) is 0.975. The third kappa shape index (κ3) is 3.99. The van der Waals surface area contributed by atoms with Crippen LogP contribution in [0.15, 0.2) is 41.5 Å². The number of aromatic nitrogens is 1. The molecule has 0 bridgehead atoms. The van der Waals surface area contributed by atoms with E-state index in [0.717, 1.165) is 16.9 Å². The van der Waals surface area contributed by atoms with Gasteiger partial charge in [-0.1, -0.05) is 30.3 Å². The number of amides is 2. The van der Waals surface area contributed by atoms with Crippen LogP contribution in [-0.2, 0) is 6.54 Å². The zero-order chi connectivity index (χ0) is 15.2. The molecule has 1 heterocycles. The highest BCUT2D eigenvalue weighted by Crippen LogP contribution is 2.15. The lowest BCUT2D eigenvalue weighted by atomic mass is 10.2. The molecule has 1 N–H and O–H groups in total. The predicted molar refractivity (Wildman–Crippen MR) is 79.1 cm³/mol. The van der Waals surface area contributed by atoms with E-state index < -0.39 is 11.0 Å². The van der Waals surface area contributed by atoms with Crippen molar-refractivity contribution in [3.05, 3.63) is 57.0 Å². The first-order valence-corrected chi connectivity index (χ1v) is 7.13. The van der Waals surface area contributed by atoms with Gasteiger partial charge in [0.15, 0.2) is 0 Å². The van der Waals surface area contributed by atoms with Crippen LogP contribution in [0.2, 0.25) is 0 Å². The number of urea groups is 1. The van der Waals surface area contributed by atoms with Crippen LogP contribution >= 0.6 is 11.3 Å². The molecule has 2 amide bonds. The Balaban J connectivity index is 2.38. The van der Waals surface area contributed by atoms with Crippen molar-refractivity contribution in [3.63, 3.8) is 0 Å². The molecule has 7 nitrogen and oxygen atoms in total. The molecule has 2 rings (SSSR count). The molecular formula is C13H14N4O3S. The van der Waals surface area contributed by atoms with Crippen LogP contribution in [0, 0.1) is 10.1 Å². The number of hydrogen-bond acceptors (Lipinski definition) is 4. The smallest absolute Gasteiger partial charge is 0.336 e. The standard InChI is InChI=1S/C13H14N4O3S/c1-2-14-12(18)15-13-16(9-11(21-13)17(19)20)8-10-6-4-3-5-7-10/h3-7,9H,2,8H2,1H3,(H,14,18). The van der Waals surface area contributed by atoms with Crippen molar-refractivity contribution in [2.75, 3.05) is 6.54 Å². The Morgan fingerprint density at radius 2 is 2.14 bits per heavy atom. The van der Waals surface area contributed by atoms with Gasteiger partial charge in [0.25, 0.3) is 0 Å². The van der Waals surface area contributed by atoms with Crippen molar-refractivity contribution < 1.29 is 9.72 Å². The molecule has 110 valence electrons. The second-order valence-corrected chi connectivity index (χ2v) is 5.16. The fourth-order valence-corrected chi connectivity index (χ4v) is 2.51. The summed E-state index contributed by atoms with van der Waals surface area (Å²) in [6.45, 7) is 2.65. The zero-order valence-electron chi connectivity index (χ0n) is 11.4. The topological polar surface area (TPSA) is 89.5 Å². The molecule has 0 aliphatic heterocycles. The molecule has 0 radical (unpaired) electrons. The molecular weight excluding hydrogens is 292 g/mol. The molecule has 8 heteroatoms. The lowest BCUT2D eigenvalue weighted by Crippen LogP contribution is -2.24. The molecule has 0 unspecified atom stereocenters. The van der Waals surface area contributed by atoms with Crippen molar-refractivity contribution in [2.45, 2.75) is 13.5 Å². The van der Waals surface area contributed by atoms with E-state index in [4.69, 9.17) is 0 Å². The van der Waals surface area contributed by atoms with Crippen LogP contribution in [-0.4, -0.2) is 22.1 Å². The summed E-state index contributed by atoms with van der Waals surface area (Å²) in [5, 5.41) is 13.4. The van der Waals surface area contributed by atoms with Gasteiger partial charge in [-0.25, -0.2) is 4.79 Å². The number of nitro groups is 1. The highest BCUT2D eigenvalue weighted by molar-refractivity contribution is 7.12. The molecule has 0 spiro atoms. The van der Waals surface area contributed by atoms with Crippen molar-refractivity contribution in [3.8, 4) is 0 Å². The third-order valence-corrected chi connectivity index (χ3v) is 3.58. The van der Waals surface area contributed by atoms with Gasteiger partial charge in [0, 0.05) is 6.54 Å². The van der Waals surface area contributed by atoms with Gasteiger partial charge in [0.05, 0.1) is 17.7 Å². The average molecular weight is 306 g/mol. The first kappa shape index (κ1) is 14.9. The lowest BCUT2D eigenvalue weighted by Gasteiger charge is -2.02. The van der Waals surface area contributed by atoms with Crippen LogP contribution in [0.3, 0.4) is 0 Å². The predicted octanol–water partition coefficient (Wildman–Crippen LogP) is 2.14. The van der Waals surface area contributed by atoms with Crippen LogP contribution in [0.5, 0.6) is 0 Å². The minimum absolute atomic E-state index is 0.0472. The zero-order valence-corrected chi connectivity index (χ0v) is 12.2. The molecule has 2 aromatic rings. The molecule has 0 atom stereocenters. The number of nitrogens with zero attached hydrogens (tertiary/aromatic N) is 3. The van der Waals surface area contributed by atoms with E-state index in [2.05, 4.69) is 10.3 Å². The van der Waals surface area contributed by atoms with E-state index in [9.17, 15) is 14.9 Å². The molecule has 0 saturated carbocycles.